The first-order chi connectivity index (χ1) is 3.63. The Morgan fingerprint density at radius 2 is 2.50 bits per heavy atom. The van der Waals surface area contributed by atoms with E-state index in [-0.39, 0.29) is 4.62 Å². The molecule has 0 aromatic rings. The summed E-state index contributed by atoms with van der Waals surface area (Å²) in [5, 5.41) is 15.2. The van der Waals surface area contributed by atoms with Crippen molar-refractivity contribution in [1.82, 2.24) is 0 Å². The van der Waals surface area contributed by atoms with Gasteiger partial charge in [0.05, 0.1) is 6.21 Å². The lowest BCUT2D eigenvalue weighted by Gasteiger charge is -1.89. The highest BCUT2D eigenvalue weighted by atomic mass is 79.9. The number of hydrogen-bond donors (Lipinski definition) is 2. The number of hydrogen-bond acceptors (Lipinski definition) is 3. The van der Waals surface area contributed by atoms with Crippen molar-refractivity contribution >= 4 is 26.8 Å². The molecule has 0 heterocycles. The van der Waals surface area contributed by atoms with E-state index in [0.29, 0.717) is 0 Å². The minimum Gasteiger partial charge on any atom is -0.372 e. The van der Waals surface area contributed by atoms with Crippen LogP contribution in [-0.4, -0.2) is 22.2 Å². The quantitative estimate of drug-likeness (QED) is 0.604. The van der Waals surface area contributed by atoms with Crippen LogP contribution in [0.2, 0.25) is 0 Å². The van der Waals surface area contributed by atoms with E-state index in [4.69, 9.17) is 10.5 Å². The Morgan fingerprint density at radius 3 is 2.62 bits per heavy atom. The molecule has 0 aliphatic carbocycles. The van der Waals surface area contributed by atoms with Gasteiger partial charge in [-0.2, -0.15) is 0 Å². The molecule has 3 nitrogen and oxygen atoms in total. The van der Waals surface area contributed by atoms with Crippen LogP contribution in [0.4, 0.5) is 0 Å². The Labute approximate surface area is 56.1 Å². The van der Waals surface area contributed by atoms with Crippen molar-refractivity contribution in [3.8, 4) is 0 Å². The maximum absolute atomic E-state index is 8.49. The van der Waals surface area contributed by atoms with Crippen molar-refractivity contribution in [2.24, 2.45) is 4.99 Å². The lowest BCUT2D eigenvalue weighted by atomic mass is 10.7. The summed E-state index contributed by atoms with van der Waals surface area (Å²) >= 11 is 2.83. The molecule has 1 unspecified atom stereocenters. The van der Waals surface area contributed by atoms with Gasteiger partial charge in [0.2, 0.25) is 0 Å². The van der Waals surface area contributed by atoms with Gasteiger partial charge < -0.3 is 5.11 Å². The Kier molecular flexibility index (Phi) is 3.64. The van der Waals surface area contributed by atoms with Crippen LogP contribution in [0.5, 0.6) is 0 Å². The van der Waals surface area contributed by atoms with Gasteiger partial charge in [-0.1, -0.05) is 0 Å². The van der Waals surface area contributed by atoms with Crippen LogP contribution in [0.1, 0.15) is 6.92 Å². The van der Waals surface area contributed by atoms with Crippen LogP contribution in [0.3, 0.4) is 0 Å². The number of nitrogens with zero attached hydrogens (tertiary/aromatic N) is 1. The maximum Gasteiger partial charge on any atom is 0.142 e. The van der Waals surface area contributed by atoms with Crippen LogP contribution in [0.25, 0.3) is 0 Å². The fourth-order valence-electron chi connectivity index (χ4n) is 0.173. The van der Waals surface area contributed by atoms with Crippen LogP contribution < -0.4 is 0 Å². The molecule has 0 radical (unpaired) electrons. The van der Waals surface area contributed by atoms with E-state index in [9.17, 15) is 0 Å². The number of rotatable bonds is 2. The minimum atomic E-state index is -0.715. The standard InChI is InChI=1S/C4H7BrN2O/c1-3(8)7-2-4(5)6/h2-3,6,8H,1H3. The zero-order valence-corrected chi connectivity index (χ0v) is 6.01. The summed E-state index contributed by atoms with van der Waals surface area (Å²) in [4.78, 5) is 3.48. The summed E-state index contributed by atoms with van der Waals surface area (Å²) in [6, 6.07) is 0. The predicted octanol–water partition coefficient (Wildman–Crippen LogP) is 0.768. The molecule has 0 amide bonds. The van der Waals surface area contributed by atoms with Crippen molar-refractivity contribution in [1.29, 1.82) is 5.41 Å². The molecular formula is C4H7BrN2O. The molecular weight excluding hydrogens is 172 g/mol. The third kappa shape index (κ3) is 5.78. The van der Waals surface area contributed by atoms with Gasteiger partial charge in [0.15, 0.2) is 0 Å². The first kappa shape index (κ1) is 7.78. The summed E-state index contributed by atoms with van der Waals surface area (Å²) in [6.45, 7) is 1.52. The lowest BCUT2D eigenvalue weighted by Crippen LogP contribution is -1.96. The Balaban J connectivity index is 3.50. The van der Waals surface area contributed by atoms with E-state index in [0.717, 1.165) is 0 Å². The number of aliphatic hydroxyl groups excluding tert-OH is 1. The number of halogens is 1. The SMILES string of the molecule is CC(O)N=CC(=N)Br. The molecule has 0 rings (SSSR count). The van der Waals surface area contributed by atoms with Crippen molar-refractivity contribution in [2.75, 3.05) is 0 Å². The van der Waals surface area contributed by atoms with Gasteiger partial charge in [-0.3, -0.25) is 10.4 Å². The Morgan fingerprint density at radius 1 is 2.00 bits per heavy atom. The summed E-state index contributed by atoms with van der Waals surface area (Å²) in [7, 11) is 0. The molecule has 0 aromatic carbocycles. The highest BCUT2D eigenvalue weighted by molar-refractivity contribution is 9.19. The zero-order chi connectivity index (χ0) is 6.57. The van der Waals surface area contributed by atoms with Crippen LogP contribution in [0.15, 0.2) is 4.99 Å². The molecule has 0 saturated carbocycles. The van der Waals surface area contributed by atoms with Gasteiger partial charge in [-0.25, -0.2) is 0 Å². The first-order valence-corrected chi connectivity index (χ1v) is 2.87. The average Bonchev–Trinajstić information content (AvgIpc) is 1.61. The smallest absolute Gasteiger partial charge is 0.142 e. The summed E-state index contributed by atoms with van der Waals surface area (Å²) < 4.78 is 0.165. The van der Waals surface area contributed by atoms with Gasteiger partial charge in [0.25, 0.3) is 0 Å². The molecule has 2 N–H and O–H groups in total. The van der Waals surface area contributed by atoms with Crippen molar-refractivity contribution < 1.29 is 5.11 Å². The van der Waals surface area contributed by atoms with Crippen molar-refractivity contribution in [3.05, 3.63) is 0 Å². The largest absolute Gasteiger partial charge is 0.372 e. The van der Waals surface area contributed by atoms with Gasteiger partial charge in [0.1, 0.15) is 10.8 Å². The van der Waals surface area contributed by atoms with Gasteiger partial charge >= 0.3 is 0 Å². The van der Waals surface area contributed by atoms with Crippen LogP contribution in [-0.2, 0) is 0 Å². The molecule has 0 spiro atoms. The first-order valence-electron chi connectivity index (χ1n) is 2.08. The van der Waals surface area contributed by atoms with Crippen molar-refractivity contribution in [2.45, 2.75) is 13.2 Å². The molecule has 0 aliphatic heterocycles. The normalized spacial score (nSPS) is 14.4. The van der Waals surface area contributed by atoms with Crippen LogP contribution in [0, 0.1) is 5.41 Å². The maximum atomic E-state index is 8.49. The van der Waals surface area contributed by atoms with E-state index in [2.05, 4.69) is 20.9 Å². The monoisotopic (exact) mass is 178 g/mol. The summed E-state index contributed by atoms with van der Waals surface area (Å²) in [5.74, 6) is 0. The molecule has 0 aliphatic rings. The number of nitrogens with one attached hydrogen (secondary N) is 1. The number of aliphatic hydroxyl groups is 1. The third-order valence-corrected chi connectivity index (χ3v) is 0.608. The molecule has 0 aromatic heterocycles. The molecule has 0 fully saturated rings. The van der Waals surface area contributed by atoms with Gasteiger partial charge in [0, 0.05) is 0 Å². The molecule has 46 valence electrons. The second kappa shape index (κ2) is 3.74. The number of aliphatic imine (C=N–C) groups is 1. The summed E-state index contributed by atoms with van der Waals surface area (Å²) in [5.41, 5.74) is 0. The van der Waals surface area contributed by atoms with E-state index < -0.39 is 6.23 Å². The predicted molar refractivity (Wildman–Crippen MR) is 36.8 cm³/mol. The summed E-state index contributed by atoms with van der Waals surface area (Å²) in [6.07, 6.45) is 0.526. The second-order valence-corrected chi connectivity index (χ2v) is 2.11. The van der Waals surface area contributed by atoms with E-state index in [1.807, 2.05) is 0 Å². The Hall–Kier alpha value is -0.220. The molecule has 1 atom stereocenters. The van der Waals surface area contributed by atoms with E-state index in [1.54, 1.807) is 0 Å². The molecule has 4 heteroatoms. The lowest BCUT2D eigenvalue weighted by molar-refractivity contribution is 0.206. The van der Waals surface area contributed by atoms with Gasteiger partial charge in [-0.05, 0) is 22.9 Å². The average molecular weight is 179 g/mol. The zero-order valence-electron chi connectivity index (χ0n) is 4.43. The molecule has 0 bridgehead atoms. The van der Waals surface area contributed by atoms with Crippen molar-refractivity contribution in [3.63, 3.8) is 0 Å². The highest BCUT2D eigenvalue weighted by Crippen LogP contribution is 1.83. The second-order valence-electron chi connectivity index (χ2n) is 1.26. The van der Waals surface area contributed by atoms with Gasteiger partial charge in [-0.15, -0.1) is 0 Å². The fraction of sp³-hybridized carbons (Fsp3) is 0.500. The van der Waals surface area contributed by atoms with Crippen LogP contribution >= 0.6 is 15.9 Å². The highest BCUT2D eigenvalue weighted by Gasteiger charge is 1.84. The molecule has 8 heavy (non-hydrogen) atoms. The fourth-order valence-corrected chi connectivity index (χ4v) is 0.292. The molecule has 0 saturated heterocycles. The topological polar surface area (TPSA) is 56.4 Å². The van der Waals surface area contributed by atoms with E-state index >= 15 is 0 Å². The minimum absolute atomic E-state index is 0.165. The Bertz CT molecular complexity index is 111. The third-order valence-electron chi connectivity index (χ3n) is 0.404. The van der Waals surface area contributed by atoms with E-state index in [1.165, 1.54) is 13.1 Å².